The van der Waals surface area contributed by atoms with Crippen LogP contribution in [0.4, 0.5) is 5.82 Å². The minimum absolute atomic E-state index is 0.0336. The first-order valence-electron chi connectivity index (χ1n) is 9.52. The van der Waals surface area contributed by atoms with Crippen molar-refractivity contribution in [2.24, 2.45) is 11.7 Å². The van der Waals surface area contributed by atoms with Gasteiger partial charge in [0, 0.05) is 30.8 Å². The number of nitrogens with one attached hydrogen (secondary N) is 1. The third-order valence-electron chi connectivity index (χ3n) is 4.96. The Balaban J connectivity index is 1.77. The summed E-state index contributed by atoms with van der Waals surface area (Å²) in [5, 5.41) is 2.92. The van der Waals surface area contributed by atoms with Crippen molar-refractivity contribution >= 4 is 11.7 Å². The smallest absolute Gasteiger partial charge is 0.251 e. The maximum atomic E-state index is 12.2. The summed E-state index contributed by atoms with van der Waals surface area (Å²) >= 11 is 0. The first-order valence-corrected chi connectivity index (χ1v) is 9.52. The van der Waals surface area contributed by atoms with Crippen molar-refractivity contribution in [1.82, 2.24) is 10.3 Å². The fourth-order valence-corrected chi connectivity index (χ4v) is 3.32. The third-order valence-corrected chi connectivity index (χ3v) is 4.96. The van der Waals surface area contributed by atoms with E-state index < -0.39 is 0 Å². The molecule has 3 N–H and O–H groups in total. The van der Waals surface area contributed by atoms with Gasteiger partial charge in [0.1, 0.15) is 5.82 Å². The first kappa shape index (κ1) is 18.4. The van der Waals surface area contributed by atoms with Gasteiger partial charge < -0.3 is 16.0 Å². The Morgan fingerprint density at radius 3 is 2.73 bits per heavy atom. The number of aromatic nitrogens is 1. The summed E-state index contributed by atoms with van der Waals surface area (Å²) in [4.78, 5) is 19.4. The number of pyridine rings is 1. The number of amides is 1. The lowest BCUT2D eigenvalue weighted by Crippen LogP contribution is -2.36. The SMILES string of the molecule is CCCNC(=O)c1cccc(-c2cccc(N3CCC(CN)CC3)n2)c1. The van der Waals surface area contributed by atoms with Crippen LogP contribution >= 0.6 is 0 Å². The highest BCUT2D eigenvalue weighted by Crippen LogP contribution is 2.25. The molecule has 26 heavy (non-hydrogen) atoms. The van der Waals surface area contributed by atoms with E-state index in [1.54, 1.807) is 0 Å². The van der Waals surface area contributed by atoms with Crippen LogP contribution in [0.25, 0.3) is 11.3 Å². The normalized spacial score (nSPS) is 15.1. The van der Waals surface area contributed by atoms with Crippen LogP contribution in [-0.2, 0) is 0 Å². The highest BCUT2D eigenvalue weighted by Gasteiger charge is 2.19. The fourth-order valence-electron chi connectivity index (χ4n) is 3.32. The van der Waals surface area contributed by atoms with E-state index in [0.717, 1.165) is 56.0 Å². The first-order chi connectivity index (χ1) is 12.7. The standard InChI is InChI=1S/C21H28N4O/c1-2-11-23-21(26)18-6-3-5-17(14-18)19-7-4-8-20(24-19)25-12-9-16(15-22)10-13-25/h3-8,14,16H,2,9-13,15,22H2,1H3,(H,23,26). The van der Waals surface area contributed by atoms with E-state index in [2.05, 4.69) is 16.3 Å². The lowest BCUT2D eigenvalue weighted by atomic mass is 9.97. The maximum absolute atomic E-state index is 12.2. The Hall–Kier alpha value is -2.40. The molecule has 1 aliphatic heterocycles. The molecule has 1 saturated heterocycles. The van der Waals surface area contributed by atoms with Crippen LogP contribution in [0.3, 0.4) is 0 Å². The molecular weight excluding hydrogens is 324 g/mol. The number of anilines is 1. The summed E-state index contributed by atoms with van der Waals surface area (Å²) in [6, 6.07) is 13.8. The van der Waals surface area contributed by atoms with Crippen molar-refractivity contribution in [3.05, 3.63) is 48.0 Å². The lowest BCUT2D eigenvalue weighted by Gasteiger charge is -2.32. The van der Waals surface area contributed by atoms with Gasteiger partial charge in [0.25, 0.3) is 5.91 Å². The molecule has 1 fully saturated rings. The molecule has 0 unspecified atom stereocenters. The van der Waals surface area contributed by atoms with Crippen LogP contribution in [0.15, 0.2) is 42.5 Å². The zero-order chi connectivity index (χ0) is 18.4. The van der Waals surface area contributed by atoms with E-state index >= 15 is 0 Å². The van der Waals surface area contributed by atoms with Gasteiger partial charge in [-0.1, -0.05) is 25.1 Å². The second-order valence-corrected chi connectivity index (χ2v) is 6.88. The van der Waals surface area contributed by atoms with Crippen molar-refractivity contribution in [2.75, 3.05) is 31.1 Å². The highest BCUT2D eigenvalue weighted by molar-refractivity contribution is 5.95. The van der Waals surface area contributed by atoms with Gasteiger partial charge in [0.15, 0.2) is 0 Å². The number of nitrogens with two attached hydrogens (primary N) is 1. The lowest BCUT2D eigenvalue weighted by molar-refractivity contribution is 0.0953. The van der Waals surface area contributed by atoms with E-state index in [1.165, 1.54) is 0 Å². The third kappa shape index (κ3) is 4.41. The quantitative estimate of drug-likeness (QED) is 0.838. The number of rotatable bonds is 6. The van der Waals surface area contributed by atoms with E-state index in [4.69, 9.17) is 10.7 Å². The zero-order valence-corrected chi connectivity index (χ0v) is 15.4. The molecule has 5 heteroatoms. The molecule has 0 bridgehead atoms. The molecule has 0 atom stereocenters. The van der Waals surface area contributed by atoms with Crippen LogP contribution in [-0.4, -0.2) is 37.1 Å². The van der Waals surface area contributed by atoms with Gasteiger partial charge in [-0.05, 0) is 56.0 Å². The molecule has 3 rings (SSSR count). The average molecular weight is 352 g/mol. The zero-order valence-electron chi connectivity index (χ0n) is 15.4. The molecule has 1 aromatic carbocycles. The number of carbonyl (C=O) groups excluding carboxylic acids is 1. The number of benzene rings is 1. The summed E-state index contributed by atoms with van der Waals surface area (Å²) in [6.45, 7) is 5.50. The van der Waals surface area contributed by atoms with Crippen LogP contribution in [0.5, 0.6) is 0 Å². The van der Waals surface area contributed by atoms with Crippen LogP contribution in [0, 0.1) is 5.92 Å². The van der Waals surface area contributed by atoms with Gasteiger partial charge in [0.2, 0.25) is 0 Å². The molecule has 5 nitrogen and oxygen atoms in total. The number of hydrogen-bond donors (Lipinski definition) is 2. The molecule has 0 aliphatic carbocycles. The summed E-state index contributed by atoms with van der Waals surface area (Å²) in [6.07, 6.45) is 3.17. The summed E-state index contributed by atoms with van der Waals surface area (Å²) in [5.74, 6) is 1.60. The Labute approximate surface area is 155 Å². The van der Waals surface area contributed by atoms with E-state index in [9.17, 15) is 4.79 Å². The van der Waals surface area contributed by atoms with Gasteiger partial charge >= 0.3 is 0 Å². The number of piperidine rings is 1. The molecule has 138 valence electrons. The highest BCUT2D eigenvalue weighted by atomic mass is 16.1. The molecule has 1 aliphatic rings. The predicted molar refractivity (Wildman–Crippen MR) is 106 cm³/mol. The minimum Gasteiger partial charge on any atom is -0.357 e. The Bertz CT molecular complexity index is 738. The van der Waals surface area contributed by atoms with Gasteiger partial charge in [0.05, 0.1) is 5.69 Å². The van der Waals surface area contributed by atoms with Crippen LogP contribution < -0.4 is 16.0 Å². The summed E-state index contributed by atoms with van der Waals surface area (Å²) < 4.78 is 0. The molecule has 2 aromatic rings. The number of nitrogens with zero attached hydrogens (tertiary/aromatic N) is 2. The average Bonchev–Trinajstić information content (AvgIpc) is 2.72. The van der Waals surface area contributed by atoms with Crippen molar-refractivity contribution in [1.29, 1.82) is 0 Å². The van der Waals surface area contributed by atoms with Crippen LogP contribution in [0.1, 0.15) is 36.5 Å². The van der Waals surface area contributed by atoms with Crippen molar-refractivity contribution in [2.45, 2.75) is 26.2 Å². The van der Waals surface area contributed by atoms with Crippen molar-refractivity contribution in [3.63, 3.8) is 0 Å². The van der Waals surface area contributed by atoms with Gasteiger partial charge in [-0.25, -0.2) is 4.98 Å². The van der Waals surface area contributed by atoms with Gasteiger partial charge in [-0.3, -0.25) is 4.79 Å². The van der Waals surface area contributed by atoms with Crippen LogP contribution in [0.2, 0.25) is 0 Å². The molecule has 0 saturated carbocycles. The molecule has 2 heterocycles. The Morgan fingerprint density at radius 2 is 2.00 bits per heavy atom. The molecule has 0 radical (unpaired) electrons. The largest absolute Gasteiger partial charge is 0.357 e. The molecule has 1 aromatic heterocycles. The van der Waals surface area contributed by atoms with E-state index in [-0.39, 0.29) is 5.91 Å². The minimum atomic E-state index is -0.0336. The Kier molecular flexibility index (Phi) is 6.23. The van der Waals surface area contributed by atoms with E-state index in [1.807, 2.05) is 43.3 Å². The Morgan fingerprint density at radius 1 is 1.23 bits per heavy atom. The molecular formula is C21H28N4O. The number of carbonyl (C=O) groups is 1. The second-order valence-electron chi connectivity index (χ2n) is 6.88. The molecule has 0 spiro atoms. The fraction of sp³-hybridized carbons (Fsp3) is 0.429. The monoisotopic (exact) mass is 352 g/mol. The summed E-state index contributed by atoms with van der Waals surface area (Å²) in [5.41, 5.74) is 8.33. The van der Waals surface area contributed by atoms with Crippen molar-refractivity contribution < 1.29 is 4.79 Å². The summed E-state index contributed by atoms with van der Waals surface area (Å²) in [7, 11) is 0. The van der Waals surface area contributed by atoms with Gasteiger partial charge in [-0.2, -0.15) is 0 Å². The second kappa shape index (κ2) is 8.81. The van der Waals surface area contributed by atoms with E-state index in [0.29, 0.717) is 18.0 Å². The maximum Gasteiger partial charge on any atom is 0.251 e. The number of hydrogen-bond acceptors (Lipinski definition) is 4. The predicted octanol–water partition coefficient (Wildman–Crippen LogP) is 3.06. The van der Waals surface area contributed by atoms with Crippen molar-refractivity contribution in [3.8, 4) is 11.3 Å². The molecule has 1 amide bonds. The topological polar surface area (TPSA) is 71.2 Å². The van der Waals surface area contributed by atoms with Gasteiger partial charge in [-0.15, -0.1) is 0 Å².